The van der Waals surface area contributed by atoms with Gasteiger partial charge < -0.3 is 24.8 Å². The third kappa shape index (κ3) is 3.69. The van der Waals surface area contributed by atoms with Gasteiger partial charge in [0.05, 0.1) is 36.0 Å². The van der Waals surface area contributed by atoms with Crippen LogP contribution < -0.4 is 16.0 Å². The summed E-state index contributed by atoms with van der Waals surface area (Å²) in [6, 6.07) is -0.0705. The number of hydrogen-bond donors (Lipinski definition) is 3. The predicted octanol–water partition coefficient (Wildman–Crippen LogP) is 0.697. The Morgan fingerprint density at radius 3 is 2.91 bits per heavy atom. The minimum absolute atomic E-state index is 0.125. The van der Waals surface area contributed by atoms with Crippen LogP contribution in [0.15, 0.2) is 9.98 Å². The Morgan fingerprint density at radius 2 is 2.16 bits per heavy atom. The SMILES string of the molecule is CC(O)c1nc2c3n1C(C)CCC=3C(C1=NC(NC3CCOCC3O)=NCC1Cl)CC=2F. The zero-order valence-electron chi connectivity index (χ0n) is 18.3. The molecule has 6 atom stereocenters. The van der Waals surface area contributed by atoms with Crippen LogP contribution in [0.5, 0.6) is 0 Å². The first kappa shape index (κ1) is 22.0. The van der Waals surface area contributed by atoms with E-state index in [-0.39, 0.29) is 36.9 Å². The number of rotatable bonds is 3. The van der Waals surface area contributed by atoms with Crippen LogP contribution >= 0.6 is 11.6 Å². The molecule has 5 rings (SSSR count). The van der Waals surface area contributed by atoms with E-state index >= 15 is 4.39 Å². The average molecular weight is 466 g/mol. The quantitative estimate of drug-likeness (QED) is 0.570. The fraction of sp³-hybridized carbons (Fsp3) is 0.682. The summed E-state index contributed by atoms with van der Waals surface area (Å²) in [6.45, 7) is 4.91. The van der Waals surface area contributed by atoms with Crippen molar-refractivity contribution in [3.8, 4) is 0 Å². The summed E-state index contributed by atoms with van der Waals surface area (Å²) in [6.07, 6.45) is 1.07. The summed E-state index contributed by atoms with van der Waals surface area (Å²) in [5, 5.41) is 24.4. The maximum atomic E-state index is 15.3. The molecule has 4 heterocycles. The first-order chi connectivity index (χ1) is 15.3. The lowest BCUT2D eigenvalue weighted by Gasteiger charge is -2.33. The van der Waals surface area contributed by atoms with Crippen molar-refractivity contribution in [2.75, 3.05) is 19.8 Å². The van der Waals surface area contributed by atoms with Gasteiger partial charge in [0.25, 0.3) is 0 Å². The number of guanidine groups is 1. The maximum Gasteiger partial charge on any atom is 0.218 e. The van der Waals surface area contributed by atoms with Crippen molar-refractivity contribution in [3.63, 3.8) is 0 Å². The van der Waals surface area contributed by atoms with E-state index in [0.29, 0.717) is 42.4 Å². The lowest BCUT2D eigenvalue weighted by Crippen LogP contribution is -2.50. The van der Waals surface area contributed by atoms with Gasteiger partial charge in [-0.1, -0.05) is 0 Å². The number of aromatic nitrogens is 2. The summed E-state index contributed by atoms with van der Waals surface area (Å²) in [5.41, 5.74) is 1.78. The summed E-state index contributed by atoms with van der Waals surface area (Å²) in [5.74, 6) is 0.353. The highest BCUT2D eigenvalue weighted by molar-refractivity contribution is 6.35. The Kier molecular flexibility index (Phi) is 5.86. The van der Waals surface area contributed by atoms with Gasteiger partial charge in [-0.05, 0) is 38.7 Å². The normalized spacial score (nSPS) is 33.4. The molecule has 8 nitrogen and oxygen atoms in total. The van der Waals surface area contributed by atoms with E-state index in [2.05, 4.69) is 22.2 Å². The summed E-state index contributed by atoms with van der Waals surface area (Å²) in [4.78, 5) is 13.6. The van der Waals surface area contributed by atoms with Gasteiger partial charge >= 0.3 is 0 Å². The molecule has 6 unspecified atom stereocenters. The molecule has 4 aliphatic rings. The number of nitrogens with one attached hydrogen (secondary N) is 1. The summed E-state index contributed by atoms with van der Waals surface area (Å²) < 4.78 is 22.6. The van der Waals surface area contributed by atoms with Gasteiger partial charge in [0.2, 0.25) is 5.96 Å². The number of alkyl halides is 1. The Bertz CT molecular complexity index is 1100. The molecule has 3 aliphatic heterocycles. The second-order valence-electron chi connectivity index (χ2n) is 9.14. The first-order valence-corrected chi connectivity index (χ1v) is 11.8. The van der Waals surface area contributed by atoms with Crippen LogP contribution in [-0.2, 0) is 4.74 Å². The highest BCUT2D eigenvalue weighted by Gasteiger charge is 2.37. The van der Waals surface area contributed by atoms with E-state index in [1.54, 1.807) is 6.92 Å². The lowest BCUT2D eigenvalue weighted by atomic mass is 9.81. The second kappa shape index (κ2) is 8.52. The van der Waals surface area contributed by atoms with E-state index in [0.717, 1.165) is 23.8 Å². The van der Waals surface area contributed by atoms with Crippen molar-refractivity contribution in [2.45, 2.75) is 69.2 Å². The van der Waals surface area contributed by atoms with Gasteiger partial charge in [-0.2, -0.15) is 0 Å². The number of hydrogen-bond acceptors (Lipinski definition) is 7. The topological polar surface area (TPSA) is 104 Å². The minimum Gasteiger partial charge on any atom is -0.389 e. The van der Waals surface area contributed by atoms with Gasteiger partial charge in [-0.15, -0.1) is 11.6 Å². The van der Waals surface area contributed by atoms with Crippen molar-refractivity contribution < 1.29 is 19.3 Å². The zero-order valence-corrected chi connectivity index (χ0v) is 19.0. The van der Waals surface area contributed by atoms with E-state index < -0.39 is 17.6 Å². The maximum absolute atomic E-state index is 15.3. The largest absolute Gasteiger partial charge is 0.389 e. The number of ether oxygens (including phenoxy) is 1. The summed E-state index contributed by atoms with van der Waals surface area (Å²) in [7, 11) is 0. The highest BCUT2D eigenvalue weighted by Crippen LogP contribution is 2.36. The molecule has 0 amide bonds. The standard InChI is InChI=1S/C22H29ClFN5O3/c1-10-3-4-12-13(7-15(24)19-20(12)29(10)21(27-19)11(2)30)18-14(23)8-25-22(28-18)26-16-5-6-32-9-17(16)31/h10-11,13-14,16-17,30-31H,3-9H2,1-2H3,(H,25,26). The van der Waals surface area contributed by atoms with Gasteiger partial charge in [0.15, 0.2) is 0 Å². The average Bonchev–Trinajstić information content (AvgIpc) is 3.18. The number of imidazole rings is 1. The van der Waals surface area contributed by atoms with Gasteiger partial charge in [0, 0.05) is 30.7 Å². The van der Waals surface area contributed by atoms with E-state index in [1.807, 2.05) is 4.57 Å². The molecular formula is C22H29ClFN5O3. The molecule has 0 saturated carbocycles. The van der Waals surface area contributed by atoms with Crippen LogP contribution in [0.4, 0.5) is 4.39 Å². The fourth-order valence-electron chi connectivity index (χ4n) is 5.24. The molecule has 1 saturated heterocycles. The number of aliphatic hydroxyl groups excluding tert-OH is 2. The molecule has 1 fully saturated rings. The Morgan fingerprint density at radius 1 is 1.34 bits per heavy atom. The third-order valence-electron chi connectivity index (χ3n) is 6.90. The van der Waals surface area contributed by atoms with E-state index in [1.165, 1.54) is 0 Å². The Hall–Kier alpha value is -1.81. The molecular weight excluding hydrogens is 437 g/mol. The highest BCUT2D eigenvalue weighted by atomic mass is 35.5. The van der Waals surface area contributed by atoms with Crippen molar-refractivity contribution in [1.82, 2.24) is 14.9 Å². The Labute approximate surface area is 190 Å². The number of aliphatic imine (C=N–C) groups is 2. The Balaban J connectivity index is 1.54. The smallest absolute Gasteiger partial charge is 0.218 e. The van der Waals surface area contributed by atoms with Gasteiger partial charge in [-0.25, -0.2) is 19.4 Å². The van der Waals surface area contributed by atoms with Gasteiger partial charge in [-0.3, -0.25) is 0 Å². The van der Waals surface area contributed by atoms with Crippen molar-refractivity contribution in [1.29, 1.82) is 0 Å². The molecule has 10 heteroatoms. The number of nitrogens with zero attached hydrogens (tertiary/aromatic N) is 4. The number of aliphatic hydroxyl groups is 2. The molecule has 1 aromatic heterocycles. The minimum atomic E-state index is -0.782. The molecule has 0 radical (unpaired) electrons. The molecule has 0 aromatic carbocycles. The van der Waals surface area contributed by atoms with E-state index in [9.17, 15) is 10.2 Å². The van der Waals surface area contributed by atoms with Crippen LogP contribution in [0.1, 0.15) is 57.5 Å². The molecule has 0 bridgehead atoms. The van der Waals surface area contributed by atoms with Crippen LogP contribution in [0.25, 0.3) is 11.4 Å². The molecule has 3 N–H and O–H groups in total. The zero-order chi connectivity index (χ0) is 22.6. The van der Waals surface area contributed by atoms with Crippen LogP contribution in [0.2, 0.25) is 0 Å². The van der Waals surface area contributed by atoms with Crippen LogP contribution in [-0.4, -0.2) is 68.7 Å². The summed E-state index contributed by atoms with van der Waals surface area (Å²) >= 11 is 6.65. The molecule has 32 heavy (non-hydrogen) atoms. The lowest BCUT2D eigenvalue weighted by molar-refractivity contribution is -0.0232. The second-order valence-corrected chi connectivity index (χ2v) is 9.66. The molecule has 1 aliphatic carbocycles. The van der Waals surface area contributed by atoms with Crippen molar-refractivity contribution in [3.05, 3.63) is 16.5 Å². The first-order valence-electron chi connectivity index (χ1n) is 11.3. The monoisotopic (exact) mass is 465 g/mol. The predicted molar refractivity (Wildman–Crippen MR) is 120 cm³/mol. The fourth-order valence-corrected chi connectivity index (χ4v) is 5.51. The third-order valence-corrected chi connectivity index (χ3v) is 7.27. The van der Waals surface area contributed by atoms with Crippen molar-refractivity contribution in [2.24, 2.45) is 15.9 Å². The van der Waals surface area contributed by atoms with Gasteiger partial charge in [0.1, 0.15) is 23.1 Å². The number of halogens is 2. The van der Waals surface area contributed by atoms with E-state index in [4.69, 9.17) is 21.3 Å². The molecule has 1 aromatic rings. The van der Waals surface area contributed by atoms with Crippen LogP contribution in [0.3, 0.4) is 0 Å². The van der Waals surface area contributed by atoms with Crippen LogP contribution in [0, 0.1) is 5.92 Å². The molecule has 174 valence electrons. The van der Waals surface area contributed by atoms with Crippen molar-refractivity contribution >= 4 is 34.7 Å². The molecule has 0 spiro atoms.